The van der Waals surface area contributed by atoms with Gasteiger partial charge in [0.25, 0.3) is 0 Å². The molecule has 0 heterocycles. The van der Waals surface area contributed by atoms with Crippen molar-refractivity contribution in [1.29, 1.82) is 0 Å². The fraction of sp³-hybridized carbons (Fsp3) is 0.188. The summed E-state index contributed by atoms with van der Waals surface area (Å²) in [5.74, 6) is -1.82. The van der Waals surface area contributed by atoms with E-state index in [4.69, 9.17) is 5.11 Å². The minimum atomic E-state index is -4.93. The summed E-state index contributed by atoms with van der Waals surface area (Å²) >= 11 is 0. The molecule has 1 unspecified atom stereocenters. The van der Waals surface area contributed by atoms with Crippen LogP contribution in [0.5, 0.6) is 0 Å². The second kappa shape index (κ2) is 6.40. The number of aliphatic hydroxyl groups excluding tert-OH is 1. The van der Waals surface area contributed by atoms with Crippen molar-refractivity contribution in [3.8, 4) is 11.1 Å². The molecule has 0 bridgehead atoms. The summed E-state index contributed by atoms with van der Waals surface area (Å²) in [5, 5.41) is 18.3. The molecule has 9 heteroatoms. The van der Waals surface area contributed by atoms with Crippen molar-refractivity contribution in [3.63, 3.8) is 0 Å². The Hall–Kier alpha value is -2.55. The third-order valence-corrected chi connectivity index (χ3v) is 3.38. The fourth-order valence-corrected chi connectivity index (χ4v) is 2.25. The van der Waals surface area contributed by atoms with Gasteiger partial charge < -0.3 is 10.2 Å². The Balaban J connectivity index is 2.74. The zero-order chi connectivity index (χ0) is 19.0. The highest BCUT2D eigenvalue weighted by Crippen LogP contribution is 2.40. The third-order valence-electron chi connectivity index (χ3n) is 3.38. The molecule has 1 atom stereocenters. The molecule has 0 aromatic heterocycles. The van der Waals surface area contributed by atoms with Crippen LogP contribution in [0, 0.1) is 0 Å². The van der Waals surface area contributed by atoms with E-state index in [1.807, 2.05) is 0 Å². The summed E-state index contributed by atoms with van der Waals surface area (Å²) in [7, 11) is 0. The minimum absolute atomic E-state index is 0.387. The molecule has 134 valence electrons. The predicted molar refractivity (Wildman–Crippen MR) is 74.5 cm³/mol. The van der Waals surface area contributed by atoms with Gasteiger partial charge in [0, 0.05) is 0 Å². The first kappa shape index (κ1) is 18.8. The Bertz CT molecular complexity index is 795. The van der Waals surface area contributed by atoms with Crippen molar-refractivity contribution >= 4 is 5.97 Å². The number of alkyl halides is 6. The number of carboxylic acids is 1. The first-order chi connectivity index (χ1) is 11.4. The average molecular weight is 364 g/mol. The standard InChI is InChI=1S/C16H10F6O3/c17-15(18,19)10-6-8(5-9(7-10)13(23)14(24)25)11-3-1-2-4-12(11)16(20,21)22/h1-7,13,23H,(H,24,25). The first-order valence-electron chi connectivity index (χ1n) is 6.71. The molecule has 0 saturated carbocycles. The maximum atomic E-state index is 13.1. The van der Waals surface area contributed by atoms with E-state index in [-0.39, 0.29) is 0 Å². The van der Waals surface area contributed by atoms with E-state index in [1.54, 1.807) is 0 Å². The van der Waals surface area contributed by atoms with Gasteiger partial charge in [-0.15, -0.1) is 0 Å². The Morgan fingerprint density at radius 1 is 0.920 bits per heavy atom. The van der Waals surface area contributed by atoms with Crippen LogP contribution in [0.15, 0.2) is 42.5 Å². The van der Waals surface area contributed by atoms with Crippen LogP contribution in [-0.2, 0) is 17.1 Å². The van der Waals surface area contributed by atoms with E-state index in [0.29, 0.717) is 18.2 Å². The van der Waals surface area contributed by atoms with Gasteiger partial charge in [0.05, 0.1) is 11.1 Å². The van der Waals surface area contributed by atoms with E-state index < -0.39 is 52.2 Å². The van der Waals surface area contributed by atoms with Crippen LogP contribution in [-0.4, -0.2) is 16.2 Å². The SMILES string of the molecule is O=C(O)C(O)c1cc(-c2ccccc2C(F)(F)F)cc(C(F)(F)F)c1. The predicted octanol–water partition coefficient (Wildman–Crippen LogP) is 4.51. The zero-order valence-electron chi connectivity index (χ0n) is 12.2. The van der Waals surface area contributed by atoms with Gasteiger partial charge in [-0.05, 0) is 41.0 Å². The molecular formula is C16H10F6O3. The molecule has 0 aliphatic carbocycles. The van der Waals surface area contributed by atoms with Crippen molar-refractivity contribution in [2.45, 2.75) is 18.5 Å². The second-order valence-corrected chi connectivity index (χ2v) is 5.13. The minimum Gasteiger partial charge on any atom is -0.479 e. The van der Waals surface area contributed by atoms with Gasteiger partial charge in [0.2, 0.25) is 0 Å². The number of hydrogen-bond donors (Lipinski definition) is 2. The van der Waals surface area contributed by atoms with Gasteiger partial charge in [-0.1, -0.05) is 18.2 Å². The number of hydrogen-bond acceptors (Lipinski definition) is 2. The summed E-state index contributed by atoms with van der Waals surface area (Å²) in [6, 6.07) is 5.60. The summed E-state index contributed by atoms with van der Waals surface area (Å²) in [6.45, 7) is 0. The Kier molecular flexibility index (Phi) is 4.81. The maximum absolute atomic E-state index is 13.1. The number of halogens is 6. The van der Waals surface area contributed by atoms with Crippen LogP contribution in [0.3, 0.4) is 0 Å². The smallest absolute Gasteiger partial charge is 0.417 e. The van der Waals surface area contributed by atoms with E-state index >= 15 is 0 Å². The molecule has 2 aromatic carbocycles. The fourth-order valence-electron chi connectivity index (χ4n) is 2.25. The molecule has 25 heavy (non-hydrogen) atoms. The Morgan fingerprint density at radius 2 is 1.52 bits per heavy atom. The number of benzene rings is 2. The van der Waals surface area contributed by atoms with Crippen LogP contribution in [0.25, 0.3) is 11.1 Å². The molecule has 2 rings (SSSR count). The molecule has 0 fully saturated rings. The normalized spacial score (nSPS) is 13.6. The topological polar surface area (TPSA) is 57.5 Å². The lowest BCUT2D eigenvalue weighted by Crippen LogP contribution is -2.14. The lowest BCUT2D eigenvalue weighted by molar-refractivity contribution is -0.147. The van der Waals surface area contributed by atoms with E-state index in [9.17, 15) is 36.2 Å². The lowest BCUT2D eigenvalue weighted by Gasteiger charge is -2.17. The summed E-state index contributed by atoms with van der Waals surface area (Å²) in [5.41, 5.74) is -4.27. The Morgan fingerprint density at radius 3 is 2.04 bits per heavy atom. The number of carbonyl (C=O) groups is 1. The molecule has 0 saturated heterocycles. The van der Waals surface area contributed by atoms with Gasteiger partial charge in [0.15, 0.2) is 6.10 Å². The molecule has 0 aliphatic heterocycles. The highest BCUT2D eigenvalue weighted by molar-refractivity contribution is 5.76. The van der Waals surface area contributed by atoms with Gasteiger partial charge in [-0.2, -0.15) is 26.3 Å². The van der Waals surface area contributed by atoms with Gasteiger partial charge in [0.1, 0.15) is 0 Å². The Labute approximate surface area is 137 Å². The summed E-state index contributed by atoms with van der Waals surface area (Å²) in [6.07, 6.45) is -12.1. The van der Waals surface area contributed by atoms with Crippen molar-refractivity contribution in [2.24, 2.45) is 0 Å². The molecule has 2 N–H and O–H groups in total. The summed E-state index contributed by atoms with van der Waals surface area (Å²) in [4.78, 5) is 10.8. The molecule has 0 spiro atoms. The zero-order valence-corrected chi connectivity index (χ0v) is 12.2. The molecular weight excluding hydrogens is 354 g/mol. The lowest BCUT2D eigenvalue weighted by atomic mass is 9.94. The molecule has 0 amide bonds. The van der Waals surface area contributed by atoms with E-state index in [2.05, 4.69) is 0 Å². The van der Waals surface area contributed by atoms with Crippen LogP contribution in [0.1, 0.15) is 22.8 Å². The van der Waals surface area contributed by atoms with E-state index in [1.165, 1.54) is 6.07 Å². The molecule has 3 nitrogen and oxygen atoms in total. The van der Waals surface area contributed by atoms with Crippen molar-refractivity contribution in [2.75, 3.05) is 0 Å². The number of rotatable bonds is 3. The van der Waals surface area contributed by atoms with Gasteiger partial charge in [-0.3, -0.25) is 0 Å². The average Bonchev–Trinajstić information content (AvgIpc) is 2.52. The van der Waals surface area contributed by atoms with Gasteiger partial charge in [-0.25, -0.2) is 4.79 Å². The molecule has 0 radical (unpaired) electrons. The van der Waals surface area contributed by atoms with E-state index in [0.717, 1.165) is 18.2 Å². The maximum Gasteiger partial charge on any atom is 0.417 e. The van der Waals surface area contributed by atoms with Crippen LogP contribution < -0.4 is 0 Å². The third kappa shape index (κ3) is 4.11. The second-order valence-electron chi connectivity index (χ2n) is 5.13. The van der Waals surface area contributed by atoms with Crippen molar-refractivity contribution in [1.82, 2.24) is 0 Å². The largest absolute Gasteiger partial charge is 0.479 e. The number of aliphatic carboxylic acids is 1. The van der Waals surface area contributed by atoms with Crippen molar-refractivity contribution < 1.29 is 41.4 Å². The molecule has 2 aromatic rings. The monoisotopic (exact) mass is 364 g/mol. The van der Waals surface area contributed by atoms with Crippen LogP contribution in [0.2, 0.25) is 0 Å². The summed E-state index contributed by atoms with van der Waals surface area (Å²) < 4.78 is 78.3. The number of aliphatic hydroxyl groups is 1. The quantitative estimate of drug-likeness (QED) is 0.788. The molecule has 0 aliphatic rings. The van der Waals surface area contributed by atoms with Crippen molar-refractivity contribution in [3.05, 3.63) is 59.2 Å². The highest BCUT2D eigenvalue weighted by Gasteiger charge is 2.36. The first-order valence-corrected chi connectivity index (χ1v) is 6.71. The van der Waals surface area contributed by atoms with Gasteiger partial charge >= 0.3 is 18.3 Å². The number of carboxylic acid groups (broad SMARTS) is 1. The van der Waals surface area contributed by atoms with Crippen LogP contribution in [0.4, 0.5) is 26.3 Å². The van der Waals surface area contributed by atoms with Crippen LogP contribution >= 0.6 is 0 Å². The highest BCUT2D eigenvalue weighted by atomic mass is 19.4.